The zero-order valence-corrected chi connectivity index (χ0v) is 13.7. The lowest BCUT2D eigenvalue weighted by Crippen LogP contribution is -2.25. The molecule has 0 saturated heterocycles. The van der Waals surface area contributed by atoms with Crippen LogP contribution in [0.4, 0.5) is 0 Å². The van der Waals surface area contributed by atoms with E-state index < -0.39 is 0 Å². The van der Waals surface area contributed by atoms with Gasteiger partial charge in [-0.2, -0.15) is 0 Å². The molecule has 1 atom stereocenters. The zero-order valence-electron chi connectivity index (χ0n) is 13.7. The number of benzene rings is 1. The van der Waals surface area contributed by atoms with Crippen LogP contribution in [0.5, 0.6) is 0 Å². The maximum Gasteiger partial charge on any atom is 0.0356 e. The molecule has 0 aliphatic carbocycles. The van der Waals surface area contributed by atoms with Crippen molar-refractivity contribution >= 4 is 0 Å². The minimum absolute atomic E-state index is 0.211. The van der Waals surface area contributed by atoms with Crippen LogP contribution >= 0.6 is 0 Å². The Morgan fingerprint density at radius 3 is 2.32 bits per heavy atom. The number of rotatable bonds is 5. The predicted molar refractivity (Wildman–Crippen MR) is 84.9 cm³/mol. The Kier molecular flexibility index (Phi) is 5.57. The summed E-state index contributed by atoms with van der Waals surface area (Å²) in [6.07, 6.45) is 1.14. The van der Waals surface area contributed by atoms with E-state index in [1.807, 2.05) is 7.05 Å². The quantitative estimate of drug-likeness (QED) is 0.873. The van der Waals surface area contributed by atoms with Gasteiger partial charge in [-0.05, 0) is 63.1 Å². The summed E-state index contributed by atoms with van der Waals surface area (Å²) in [7, 11) is 6.36. The Labute approximate surface area is 119 Å². The first-order valence-corrected chi connectivity index (χ1v) is 7.19. The molecule has 0 amide bonds. The third-order valence-electron chi connectivity index (χ3n) is 3.80. The molecule has 2 nitrogen and oxygen atoms in total. The highest BCUT2D eigenvalue weighted by Gasteiger charge is 2.20. The van der Waals surface area contributed by atoms with E-state index in [-0.39, 0.29) is 5.41 Å². The highest BCUT2D eigenvalue weighted by molar-refractivity contribution is 5.36. The molecule has 0 aliphatic heterocycles. The monoisotopic (exact) mass is 262 g/mol. The van der Waals surface area contributed by atoms with Gasteiger partial charge in [-0.3, -0.25) is 0 Å². The highest BCUT2D eigenvalue weighted by Crippen LogP contribution is 2.30. The van der Waals surface area contributed by atoms with Crippen LogP contribution < -0.4 is 5.32 Å². The number of nitrogens with one attached hydrogen (secondary N) is 1. The number of aryl methyl sites for hydroxylation is 1. The van der Waals surface area contributed by atoms with Crippen molar-refractivity contribution in [2.45, 2.75) is 45.6 Å². The summed E-state index contributed by atoms with van der Waals surface area (Å²) in [6.45, 7) is 10.1. The topological polar surface area (TPSA) is 15.3 Å². The molecule has 0 aromatic heterocycles. The molecule has 1 aromatic rings. The lowest BCUT2D eigenvalue weighted by atomic mass is 9.83. The van der Waals surface area contributed by atoms with Gasteiger partial charge >= 0.3 is 0 Å². The van der Waals surface area contributed by atoms with Gasteiger partial charge in [0.15, 0.2) is 0 Å². The summed E-state index contributed by atoms with van der Waals surface area (Å²) in [5, 5.41) is 3.26. The van der Waals surface area contributed by atoms with Crippen LogP contribution in [0.3, 0.4) is 0 Å². The Balaban J connectivity index is 3.14. The second-order valence-corrected chi connectivity index (χ2v) is 6.69. The fourth-order valence-corrected chi connectivity index (χ4v) is 2.44. The molecule has 0 heterocycles. The van der Waals surface area contributed by atoms with Crippen LogP contribution in [0.25, 0.3) is 0 Å². The molecule has 1 aromatic carbocycles. The van der Waals surface area contributed by atoms with Crippen molar-refractivity contribution in [2.75, 3.05) is 27.7 Å². The van der Waals surface area contributed by atoms with Gasteiger partial charge in [0.1, 0.15) is 0 Å². The Morgan fingerprint density at radius 2 is 1.84 bits per heavy atom. The zero-order chi connectivity index (χ0) is 14.6. The molecule has 2 heteroatoms. The van der Waals surface area contributed by atoms with E-state index in [0.29, 0.717) is 6.04 Å². The summed E-state index contributed by atoms with van der Waals surface area (Å²) in [6, 6.07) is 7.42. The van der Waals surface area contributed by atoms with Gasteiger partial charge in [-0.25, -0.2) is 0 Å². The van der Waals surface area contributed by atoms with Crippen LogP contribution in [0.15, 0.2) is 18.2 Å². The summed E-state index contributed by atoms with van der Waals surface area (Å²) in [4.78, 5) is 2.33. The molecular weight excluding hydrogens is 232 g/mol. The van der Waals surface area contributed by atoms with Crippen molar-refractivity contribution in [3.05, 3.63) is 34.9 Å². The van der Waals surface area contributed by atoms with Crippen LogP contribution in [-0.4, -0.2) is 32.6 Å². The average Bonchev–Trinajstić information content (AvgIpc) is 2.29. The SMILES string of the molecule is CNCCC(c1cc(C(C)(C)C)ccc1C)N(C)C. The van der Waals surface area contributed by atoms with E-state index in [4.69, 9.17) is 0 Å². The second kappa shape index (κ2) is 6.53. The van der Waals surface area contributed by atoms with E-state index in [0.717, 1.165) is 13.0 Å². The van der Waals surface area contributed by atoms with Gasteiger partial charge < -0.3 is 10.2 Å². The predicted octanol–water partition coefficient (Wildman–Crippen LogP) is 3.50. The van der Waals surface area contributed by atoms with Crippen molar-refractivity contribution in [1.82, 2.24) is 10.2 Å². The summed E-state index contributed by atoms with van der Waals surface area (Å²) >= 11 is 0. The summed E-state index contributed by atoms with van der Waals surface area (Å²) in [5.41, 5.74) is 4.49. The fraction of sp³-hybridized carbons (Fsp3) is 0.647. The number of hydrogen-bond acceptors (Lipinski definition) is 2. The maximum atomic E-state index is 3.26. The summed E-state index contributed by atoms with van der Waals surface area (Å²) in [5.74, 6) is 0. The third kappa shape index (κ3) is 4.32. The Bertz CT molecular complexity index is 402. The minimum Gasteiger partial charge on any atom is -0.320 e. The van der Waals surface area contributed by atoms with Crippen molar-refractivity contribution in [3.63, 3.8) is 0 Å². The Morgan fingerprint density at radius 1 is 1.21 bits per heavy atom. The first-order chi connectivity index (χ1) is 8.77. The maximum absolute atomic E-state index is 3.26. The lowest BCUT2D eigenvalue weighted by molar-refractivity contribution is 0.281. The molecule has 0 spiro atoms. The van der Waals surface area contributed by atoms with Crippen LogP contribution in [-0.2, 0) is 5.41 Å². The van der Waals surface area contributed by atoms with Gasteiger partial charge in [-0.15, -0.1) is 0 Å². The molecule has 0 aliphatic rings. The first kappa shape index (κ1) is 16.2. The standard InChI is InChI=1S/C17H30N2/c1-13-8-9-14(17(2,3)4)12-15(13)16(19(6)7)10-11-18-5/h8-9,12,16,18H,10-11H2,1-7H3. The highest BCUT2D eigenvalue weighted by atomic mass is 15.1. The molecule has 19 heavy (non-hydrogen) atoms. The van der Waals surface area contributed by atoms with Gasteiger partial charge in [0.25, 0.3) is 0 Å². The van der Waals surface area contributed by atoms with E-state index >= 15 is 0 Å². The molecule has 108 valence electrons. The normalized spacial score (nSPS) is 13.9. The van der Waals surface area contributed by atoms with Gasteiger partial charge in [0.05, 0.1) is 0 Å². The van der Waals surface area contributed by atoms with E-state index in [9.17, 15) is 0 Å². The van der Waals surface area contributed by atoms with Crippen molar-refractivity contribution in [1.29, 1.82) is 0 Å². The molecule has 1 rings (SSSR count). The molecular formula is C17H30N2. The number of hydrogen-bond donors (Lipinski definition) is 1. The number of nitrogens with zero attached hydrogens (tertiary/aromatic N) is 1. The van der Waals surface area contributed by atoms with Crippen LogP contribution in [0.2, 0.25) is 0 Å². The second-order valence-electron chi connectivity index (χ2n) is 6.69. The largest absolute Gasteiger partial charge is 0.320 e. The molecule has 0 fully saturated rings. The molecule has 0 saturated carbocycles. The molecule has 1 N–H and O–H groups in total. The summed E-state index contributed by atoms with van der Waals surface area (Å²) < 4.78 is 0. The first-order valence-electron chi connectivity index (χ1n) is 7.19. The Hall–Kier alpha value is -0.860. The molecule has 0 radical (unpaired) electrons. The van der Waals surface area contributed by atoms with Crippen LogP contribution in [0.1, 0.15) is 49.9 Å². The smallest absolute Gasteiger partial charge is 0.0356 e. The van der Waals surface area contributed by atoms with Crippen LogP contribution in [0, 0.1) is 6.92 Å². The van der Waals surface area contributed by atoms with Gasteiger partial charge in [-0.1, -0.05) is 39.0 Å². The van der Waals surface area contributed by atoms with Crippen molar-refractivity contribution in [2.24, 2.45) is 0 Å². The van der Waals surface area contributed by atoms with Crippen molar-refractivity contribution < 1.29 is 0 Å². The molecule has 0 bridgehead atoms. The van der Waals surface area contributed by atoms with E-state index in [1.165, 1.54) is 16.7 Å². The van der Waals surface area contributed by atoms with Gasteiger partial charge in [0.2, 0.25) is 0 Å². The average molecular weight is 262 g/mol. The van der Waals surface area contributed by atoms with Gasteiger partial charge in [0, 0.05) is 6.04 Å². The minimum atomic E-state index is 0.211. The van der Waals surface area contributed by atoms with Crippen molar-refractivity contribution in [3.8, 4) is 0 Å². The molecule has 1 unspecified atom stereocenters. The lowest BCUT2D eigenvalue weighted by Gasteiger charge is -2.29. The fourth-order valence-electron chi connectivity index (χ4n) is 2.44. The van der Waals surface area contributed by atoms with E-state index in [1.54, 1.807) is 0 Å². The van der Waals surface area contributed by atoms with E-state index in [2.05, 4.69) is 70.2 Å². The third-order valence-corrected chi connectivity index (χ3v) is 3.80.